The monoisotopic (exact) mass is 269 g/mol. The number of pyridine rings is 1. The summed E-state index contributed by atoms with van der Waals surface area (Å²) in [6, 6.07) is 11.7. The molecular weight excluding hydrogens is 250 g/mol. The van der Waals surface area contributed by atoms with E-state index in [0.29, 0.717) is 12.8 Å². The van der Waals surface area contributed by atoms with E-state index in [2.05, 4.69) is 10.3 Å². The van der Waals surface area contributed by atoms with Crippen LogP contribution in [0.5, 0.6) is 0 Å². The van der Waals surface area contributed by atoms with Crippen LogP contribution in [0.4, 0.5) is 11.4 Å². The van der Waals surface area contributed by atoms with Crippen molar-refractivity contribution in [3.63, 3.8) is 0 Å². The van der Waals surface area contributed by atoms with Crippen LogP contribution in [0.15, 0.2) is 48.8 Å². The molecule has 0 aliphatic heterocycles. The minimum Gasteiger partial charge on any atom is -0.378 e. The zero-order chi connectivity index (χ0) is 14.4. The highest BCUT2D eigenvalue weighted by molar-refractivity contribution is 5.91. The number of anilines is 2. The molecule has 4 nitrogen and oxygen atoms in total. The molecule has 0 aliphatic rings. The Bertz CT molecular complexity index is 567. The van der Waals surface area contributed by atoms with Gasteiger partial charge in [-0.15, -0.1) is 0 Å². The molecule has 4 heteroatoms. The lowest BCUT2D eigenvalue weighted by molar-refractivity contribution is -0.116. The smallest absolute Gasteiger partial charge is 0.224 e. The van der Waals surface area contributed by atoms with E-state index < -0.39 is 0 Å². The molecule has 0 fully saturated rings. The molecule has 1 N–H and O–H groups in total. The van der Waals surface area contributed by atoms with Crippen LogP contribution in [-0.2, 0) is 11.2 Å². The predicted octanol–water partition coefficient (Wildman–Crippen LogP) is 2.72. The van der Waals surface area contributed by atoms with E-state index in [1.165, 1.54) is 0 Å². The fourth-order valence-corrected chi connectivity index (χ4v) is 1.89. The molecule has 20 heavy (non-hydrogen) atoms. The van der Waals surface area contributed by atoms with Crippen molar-refractivity contribution in [2.75, 3.05) is 24.3 Å². The van der Waals surface area contributed by atoms with Gasteiger partial charge >= 0.3 is 0 Å². The van der Waals surface area contributed by atoms with Crippen LogP contribution in [-0.4, -0.2) is 25.0 Å². The van der Waals surface area contributed by atoms with Gasteiger partial charge in [-0.1, -0.05) is 12.1 Å². The van der Waals surface area contributed by atoms with Gasteiger partial charge in [0, 0.05) is 44.3 Å². The Morgan fingerprint density at radius 3 is 2.80 bits per heavy atom. The first-order valence-electron chi connectivity index (χ1n) is 6.61. The van der Waals surface area contributed by atoms with Gasteiger partial charge in [0.15, 0.2) is 0 Å². The van der Waals surface area contributed by atoms with E-state index in [9.17, 15) is 4.79 Å². The number of amides is 1. The number of aromatic nitrogens is 1. The topological polar surface area (TPSA) is 45.2 Å². The van der Waals surface area contributed by atoms with Crippen LogP contribution in [0.25, 0.3) is 0 Å². The highest BCUT2D eigenvalue weighted by Crippen LogP contribution is 2.17. The van der Waals surface area contributed by atoms with Crippen molar-refractivity contribution in [1.82, 2.24) is 4.98 Å². The van der Waals surface area contributed by atoms with Crippen LogP contribution in [0.2, 0.25) is 0 Å². The molecule has 2 rings (SSSR count). The number of nitrogens with zero attached hydrogens (tertiary/aromatic N) is 2. The lowest BCUT2D eigenvalue weighted by Gasteiger charge is -2.14. The molecule has 0 spiro atoms. The number of hydrogen-bond donors (Lipinski definition) is 1. The SMILES string of the molecule is CN(C)c1cccc(NC(=O)CCc2cccnc2)c1. The largest absolute Gasteiger partial charge is 0.378 e. The van der Waals surface area contributed by atoms with Gasteiger partial charge in [0.05, 0.1) is 0 Å². The highest BCUT2D eigenvalue weighted by atomic mass is 16.1. The molecule has 2 aromatic rings. The lowest BCUT2D eigenvalue weighted by atomic mass is 10.1. The molecule has 0 saturated carbocycles. The van der Waals surface area contributed by atoms with E-state index >= 15 is 0 Å². The number of aryl methyl sites for hydroxylation is 1. The third kappa shape index (κ3) is 4.09. The van der Waals surface area contributed by atoms with Crippen LogP contribution >= 0.6 is 0 Å². The van der Waals surface area contributed by atoms with Gasteiger partial charge in [0.1, 0.15) is 0 Å². The summed E-state index contributed by atoms with van der Waals surface area (Å²) in [4.78, 5) is 18.0. The number of hydrogen-bond acceptors (Lipinski definition) is 3. The maximum Gasteiger partial charge on any atom is 0.224 e. The zero-order valence-electron chi connectivity index (χ0n) is 11.8. The molecular formula is C16H19N3O. The number of rotatable bonds is 5. The molecule has 1 aromatic carbocycles. The molecule has 1 amide bonds. The Morgan fingerprint density at radius 1 is 1.25 bits per heavy atom. The molecule has 0 bridgehead atoms. The van der Waals surface area contributed by atoms with Crippen LogP contribution in [0.1, 0.15) is 12.0 Å². The van der Waals surface area contributed by atoms with E-state index in [0.717, 1.165) is 16.9 Å². The van der Waals surface area contributed by atoms with Gasteiger partial charge in [-0.05, 0) is 36.2 Å². The number of nitrogens with one attached hydrogen (secondary N) is 1. The molecule has 1 aromatic heterocycles. The van der Waals surface area contributed by atoms with Gasteiger partial charge in [-0.3, -0.25) is 9.78 Å². The quantitative estimate of drug-likeness (QED) is 0.907. The molecule has 104 valence electrons. The van der Waals surface area contributed by atoms with Crippen molar-refractivity contribution < 1.29 is 4.79 Å². The first-order chi connectivity index (χ1) is 9.65. The minimum atomic E-state index is 0.0183. The number of carbonyl (C=O) groups excluding carboxylic acids is 1. The summed E-state index contributed by atoms with van der Waals surface area (Å²) in [6.45, 7) is 0. The summed E-state index contributed by atoms with van der Waals surface area (Å²) in [5.41, 5.74) is 2.96. The Kier molecular flexibility index (Phi) is 4.71. The summed E-state index contributed by atoms with van der Waals surface area (Å²) < 4.78 is 0. The highest BCUT2D eigenvalue weighted by Gasteiger charge is 2.04. The fraction of sp³-hybridized carbons (Fsp3) is 0.250. The maximum atomic E-state index is 11.9. The van der Waals surface area contributed by atoms with E-state index in [1.807, 2.05) is 55.4 Å². The van der Waals surface area contributed by atoms with Gasteiger partial charge in [-0.2, -0.15) is 0 Å². The molecule has 0 radical (unpaired) electrons. The zero-order valence-corrected chi connectivity index (χ0v) is 11.8. The Balaban J connectivity index is 1.90. The Morgan fingerprint density at radius 2 is 2.10 bits per heavy atom. The van der Waals surface area contributed by atoms with Crippen LogP contribution in [0.3, 0.4) is 0 Å². The summed E-state index contributed by atoms with van der Waals surface area (Å²) in [6.07, 6.45) is 4.68. The Hall–Kier alpha value is -2.36. The average Bonchev–Trinajstić information content (AvgIpc) is 2.46. The summed E-state index contributed by atoms with van der Waals surface area (Å²) in [7, 11) is 3.95. The normalized spacial score (nSPS) is 10.1. The number of carbonyl (C=O) groups is 1. The maximum absolute atomic E-state index is 11.9. The molecule has 0 aliphatic carbocycles. The van der Waals surface area contributed by atoms with Crippen LogP contribution < -0.4 is 10.2 Å². The van der Waals surface area contributed by atoms with E-state index in [1.54, 1.807) is 12.4 Å². The first-order valence-corrected chi connectivity index (χ1v) is 6.61. The van der Waals surface area contributed by atoms with Gasteiger partial charge in [0.25, 0.3) is 0 Å². The fourth-order valence-electron chi connectivity index (χ4n) is 1.89. The molecule has 0 unspecified atom stereocenters. The molecule has 1 heterocycles. The van der Waals surface area contributed by atoms with Crippen LogP contribution in [0, 0.1) is 0 Å². The van der Waals surface area contributed by atoms with Crippen molar-refractivity contribution in [2.24, 2.45) is 0 Å². The van der Waals surface area contributed by atoms with Crippen molar-refractivity contribution in [3.05, 3.63) is 54.4 Å². The second-order valence-electron chi connectivity index (χ2n) is 4.85. The van der Waals surface area contributed by atoms with Gasteiger partial charge < -0.3 is 10.2 Å². The molecule has 0 saturated heterocycles. The van der Waals surface area contributed by atoms with E-state index in [4.69, 9.17) is 0 Å². The lowest BCUT2D eigenvalue weighted by Crippen LogP contribution is -2.13. The van der Waals surface area contributed by atoms with Crippen molar-refractivity contribution in [2.45, 2.75) is 12.8 Å². The standard InChI is InChI=1S/C16H19N3O/c1-19(2)15-7-3-6-14(11-15)18-16(20)9-8-13-5-4-10-17-12-13/h3-7,10-12H,8-9H2,1-2H3,(H,18,20). The van der Waals surface area contributed by atoms with Gasteiger partial charge in [-0.25, -0.2) is 0 Å². The summed E-state index contributed by atoms with van der Waals surface area (Å²) in [5.74, 6) is 0.0183. The third-order valence-electron chi connectivity index (χ3n) is 3.01. The second-order valence-corrected chi connectivity index (χ2v) is 4.85. The van der Waals surface area contributed by atoms with Gasteiger partial charge in [0.2, 0.25) is 5.91 Å². The number of benzene rings is 1. The van der Waals surface area contributed by atoms with Crippen molar-refractivity contribution in [1.29, 1.82) is 0 Å². The average molecular weight is 269 g/mol. The minimum absolute atomic E-state index is 0.0183. The first kappa shape index (κ1) is 14.1. The van der Waals surface area contributed by atoms with Crippen molar-refractivity contribution in [3.8, 4) is 0 Å². The van der Waals surface area contributed by atoms with Crippen molar-refractivity contribution >= 4 is 17.3 Å². The third-order valence-corrected chi connectivity index (χ3v) is 3.01. The predicted molar refractivity (Wildman–Crippen MR) is 82.0 cm³/mol. The summed E-state index contributed by atoms with van der Waals surface area (Å²) in [5, 5.41) is 2.92. The molecule has 0 atom stereocenters. The second kappa shape index (κ2) is 6.70. The Labute approximate surface area is 119 Å². The summed E-state index contributed by atoms with van der Waals surface area (Å²) >= 11 is 0. The van der Waals surface area contributed by atoms with E-state index in [-0.39, 0.29) is 5.91 Å².